The van der Waals surface area contributed by atoms with Crippen LogP contribution in [0.2, 0.25) is 0 Å². The van der Waals surface area contributed by atoms with Crippen LogP contribution in [-0.4, -0.2) is 89.4 Å². The Balaban J connectivity index is 2.33. The van der Waals surface area contributed by atoms with Crippen molar-refractivity contribution in [2.24, 2.45) is 0 Å². The molecule has 0 unspecified atom stereocenters. The average Bonchev–Trinajstić information content (AvgIpc) is 3.06. The summed E-state index contributed by atoms with van der Waals surface area (Å²) in [6, 6.07) is -0.641. The summed E-state index contributed by atoms with van der Waals surface area (Å²) in [4.78, 5) is 13.1. The Morgan fingerprint density at radius 3 is 1.46 bits per heavy atom. The standard InChI is InChI=1S/C37H74N2O7/c1-3-5-7-9-11-13-15-17-19-21-23-25-27-38-31(30-45-37-35(43)34(42)33(41)32(29-40)46-37)36(44)39-28-26-24-22-20-18-16-14-12-10-8-6-4-2/h31-35,37-38,40-43H,3-30H2,1-2H3,(H,39,44)/t31-,32+,33+,34-,35+,37-/m0/s1. The van der Waals surface area contributed by atoms with Crippen LogP contribution in [0.25, 0.3) is 0 Å². The molecule has 0 aromatic rings. The second-order valence-electron chi connectivity index (χ2n) is 13.6. The van der Waals surface area contributed by atoms with E-state index in [1.807, 2.05) is 0 Å². The molecular weight excluding hydrogens is 584 g/mol. The van der Waals surface area contributed by atoms with Gasteiger partial charge in [-0.2, -0.15) is 0 Å². The number of nitrogens with one attached hydrogen (secondary N) is 2. The summed E-state index contributed by atoms with van der Waals surface area (Å²) in [6.45, 7) is 5.20. The minimum Gasteiger partial charge on any atom is -0.394 e. The van der Waals surface area contributed by atoms with Crippen LogP contribution in [0.1, 0.15) is 168 Å². The zero-order valence-corrected chi connectivity index (χ0v) is 29.8. The highest BCUT2D eigenvalue weighted by molar-refractivity contribution is 5.81. The maximum absolute atomic E-state index is 13.1. The minimum absolute atomic E-state index is 0.0643. The maximum atomic E-state index is 13.1. The van der Waals surface area contributed by atoms with Gasteiger partial charge in [-0.15, -0.1) is 0 Å². The summed E-state index contributed by atoms with van der Waals surface area (Å²) in [5.74, 6) is -0.161. The molecule has 0 aromatic carbocycles. The van der Waals surface area contributed by atoms with Gasteiger partial charge in [0.2, 0.25) is 5.91 Å². The van der Waals surface area contributed by atoms with E-state index >= 15 is 0 Å². The smallest absolute Gasteiger partial charge is 0.239 e. The van der Waals surface area contributed by atoms with Gasteiger partial charge >= 0.3 is 0 Å². The van der Waals surface area contributed by atoms with E-state index in [9.17, 15) is 25.2 Å². The Morgan fingerprint density at radius 1 is 0.609 bits per heavy atom. The summed E-state index contributed by atoms with van der Waals surface area (Å²) in [5.41, 5.74) is 0. The highest BCUT2D eigenvalue weighted by Gasteiger charge is 2.44. The molecule has 0 saturated carbocycles. The maximum Gasteiger partial charge on any atom is 0.239 e. The molecule has 0 aliphatic carbocycles. The van der Waals surface area contributed by atoms with Crippen molar-refractivity contribution < 1.29 is 34.7 Å². The number of aliphatic hydroxyl groups is 4. The van der Waals surface area contributed by atoms with Crippen LogP contribution in [0.4, 0.5) is 0 Å². The molecule has 46 heavy (non-hydrogen) atoms. The van der Waals surface area contributed by atoms with Gasteiger partial charge in [-0.25, -0.2) is 0 Å². The van der Waals surface area contributed by atoms with Crippen LogP contribution in [0.5, 0.6) is 0 Å². The topological polar surface area (TPSA) is 141 Å². The van der Waals surface area contributed by atoms with Crippen molar-refractivity contribution in [1.82, 2.24) is 10.6 Å². The van der Waals surface area contributed by atoms with Crippen molar-refractivity contribution in [1.29, 1.82) is 0 Å². The third kappa shape index (κ3) is 21.2. The van der Waals surface area contributed by atoms with E-state index < -0.39 is 43.4 Å². The number of hydrogen-bond donors (Lipinski definition) is 6. The molecule has 0 bridgehead atoms. The van der Waals surface area contributed by atoms with E-state index in [0.717, 1.165) is 25.7 Å². The predicted molar refractivity (Wildman–Crippen MR) is 187 cm³/mol. The number of rotatable bonds is 32. The van der Waals surface area contributed by atoms with Crippen LogP contribution in [-0.2, 0) is 14.3 Å². The molecular formula is C37H74N2O7. The minimum atomic E-state index is -1.51. The second kappa shape index (κ2) is 30.3. The number of unbranched alkanes of at least 4 members (excludes halogenated alkanes) is 22. The number of amides is 1. The van der Waals surface area contributed by atoms with Crippen LogP contribution in [0.3, 0.4) is 0 Å². The highest BCUT2D eigenvalue weighted by atomic mass is 16.7. The molecule has 1 amide bonds. The summed E-state index contributed by atoms with van der Waals surface area (Å²) in [5, 5.41) is 46.3. The van der Waals surface area contributed by atoms with Crippen molar-refractivity contribution in [3.8, 4) is 0 Å². The number of aliphatic hydroxyl groups excluding tert-OH is 4. The number of hydrogen-bond acceptors (Lipinski definition) is 8. The van der Waals surface area contributed by atoms with Crippen molar-refractivity contribution in [2.45, 2.75) is 205 Å². The largest absolute Gasteiger partial charge is 0.394 e. The van der Waals surface area contributed by atoms with Crippen LogP contribution in [0.15, 0.2) is 0 Å². The normalized spacial score (nSPS) is 22.3. The third-order valence-electron chi connectivity index (χ3n) is 9.34. The predicted octanol–water partition coefficient (Wildman–Crippen LogP) is 6.28. The van der Waals surface area contributed by atoms with Crippen molar-refractivity contribution in [3.63, 3.8) is 0 Å². The molecule has 1 heterocycles. The van der Waals surface area contributed by atoms with E-state index in [1.165, 1.54) is 128 Å². The van der Waals surface area contributed by atoms with Gasteiger partial charge in [-0.3, -0.25) is 4.79 Å². The van der Waals surface area contributed by atoms with Crippen molar-refractivity contribution >= 4 is 5.91 Å². The van der Waals surface area contributed by atoms with Gasteiger partial charge in [0.05, 0.1) is 13.2 Å². The highest BCUT2D eigenvalue weighted by Crippen LogP contribution is 2.22. The van der Waals surface area contributed by atoms with E-state index in [0.29, 0.717) is 13.1 Å². The summed E-state index contributed by atoms with van der Waals surface area (Å²) in [7, 11) is 0. The Labute approximate surface area is 282 Å². The molecule has 9 nitrogen and oxygen atoms in total. The monoisotopic (exact) mass is 659 g/mol. The van der Waals surface area contributed by atoms with E-state index in [-0.39, 0.29) is 12.5 Å². The fourth-order valence-corrected chi connectivity index (χ4v) is 6.17. The lowest BCUT2D eigenvalue weighted by molar-refractivity contribution is -0.301. The van der Waals surface area contributed by atoms with Gasteiger partial charge in [0.25, 0.3) is 0 Å². The molecule has 0 radical (unpaired) electrons. The van der Waals surface area contributed by atoms with Crippen molar-refractivity contribution in [2.75, 3.05) is 26.3 Å². The summed E-state index contributed by atoms with van der Waals surface area (Å²) in [6.07, 6.45) is 23.6. The van der Waals surface area contributed by atoms with Crippen LogP contribution in [0, 0.1) is 0 Å². The molecule has 1 aliphatic rings. The van der Waals surface area contributed by atoms with Crippen LogP contribution >= 0.6 is 0 Å². The van der Waals surface area contributed by atoms with Gasteiger partial charge in [0.15, 0.2) is 6.29 Å². The lowest BCUT2D eigenvalue weighted by Crippen LogP contribution is -2.60. The molecule has 274 valence electrons. The van der Waals surface area contributed by atoms with Gasteiger partial charge < -0.3 is 40.5 Å². The lowest BCUT2D eigenvalue weighted by atomic mass is 9.99. The first-order valence-electron chi connectivity index (χ1n) is 19.4. The van der Waals surface area contributed by atoms with Gasteiger partial charge in [-0.05, 0) is 19.4 Å². The van der Waals surface area contributed by atoms with Gasteiger partial charge in [-0.1, -0.05) is 155 Å². The number of carbonyl (C=O) groups excluding carboxylic acids is 1. The Morgan fingerprint density at radius 2 is 1.02 bits per heavy atom. The summed E-state index contributed by atoms with van der Waals surface area (Å²) < 4.78 is 11.2. The first-order chi connectivity index (χ1) is 22.5. The van der Waals surface area contributed by atoms with E-state index in [4.69, 9.17) is 9.47 Å². The molecule has 6 N–H and O–H groups in total. The molecule has 1 fully saturated rings. The van der Waals surface area contributed by atoms with Crippen LogP contribution < -0.4 is 10.6 Å². The fourth-order valence-electron chi connectivity index (χ4n) is 6.17. The molecule has 6 atom stereocenters. The molecule has 9 heteroatoms. The average molecular weight is 659 g/mol. The second-order valence-corrected chi connectivity index (χ2v) is 13.6. The zero-order valence-electron chi connectivity index (χ0n) is 29.8. The molecule has 1 saturated heterocycles. The van der Waals surface area contributed by atoms with E-state index in [1.54, 1.807) is 0 Å². The SMILES string of the molecule is CCCCCCCCCCCCCCNC(=O)[C@H](CO[C@H]1O[C@H](CO)[C@@H](O)[C@H](O)[C@H]1O)NCCCCCCCCCCCCCC. The van der Waals surface area contributed by atoms with E-state index in [2.05, 4.69) is 24.5 Å². The number of carbonyl (C=O) groups is 1. The quantitative estimate of drug-likeness (QED) is 0.0464. The Bertz CT molecular complexity index is 684. The Hall–Kier alpha value is -0.810. The Kier molecular flexibility index (Phi) is 28.4. The molecule has 0 spiro atoms. The van der Waals surface area contributed by atoms with Gasteiger partial charge in [0, 0.05) is 6.54 Å². The molecule has 0 aromatic heterocycles. The number of ether oxygens (including phenoxy) is 2. The lowest BCUT2D eigenvalue weighted by Gasteiger charge is -2.39. The van der Waals surface area contributed by atoms with Crippen molar-refractivity contribution in [3.05, 3.63) is 0 Å². The first-order valence-corrected chi connectivity index (χ1v) is 19.4. The third-order valence-corrected chi connectivity index (χ3v) is 9.34. The first kappa shape index (κ1) is 43.2. The molecule has 1 aliphatic heterocycles. The van der Waals surface area contributed by atoms with Gasteiger partial charge in [0.1, 0.15) is 30.5 Å². The zero-order chi connectivity index (χ0) is 33.7. The fraction of sp³-hybridized carbons (Fsp3) is 0.973. The summed E-state index contributed by atoms with van der Waals surface area (Å²) >= 11 is 0. The molecule has 1 rings (SSSR count).